The number of hydrogen-bond donors (Lipinski definition) is 0. The van der Waals surface area contributed by atoms with Crippen LogP contribution in [0.25, 0.3) is 0 Å². The average Bonchev–Trinajstić information content (AvgIpc) is 3.16. The largest absolute Gasteiger partial charge is 0.463 e. The van der Waals surface area contributed by atoms with Gasteiger partial charge in [-0.25, -0.2) is 9.48 Å². The highest BCUT2D eigenvalue weighted by Crippen LogP contribution is 2.33. The van der Waals surface area contributed by atoms with Crippen LogP contribution in [-0.4, -0.2) is 82.5 Å². The van der Waals surface area contributed by atoms with Crippen molar-refractivity contribution < 1.29 is 52.4 Å². The van der Waals surface area contributed by atoms with Crippen molar-refractivity contribution in [2.75, 3.05) is 13.2 Å². The maximum absolute atomic E-state index is 12.4. The van der Waals surface area contributed by atoms with Crippen LogP contribution in [0.2, 0.25) is 0 Å². The Morgan fingerprint density at radius 1 is 0.889 bits per heavy atom. The topological polar surface area (TPSA) is 171 Å². The summed E-state index contributed by atoms with van der Waals surface area (Å²) < 4.78 is 33.9. The van der Waals surface area contributed by atoms with E-state index in [-0.39, 0.29) is 18.7 Å². The summed E-state index contributed by atoms with van der Waals surface area (Å²) in [6.07, 6.45) is -5.86. The maximum atomic E-state index is 12.4. The van der Waals surface area contributed by atoms with Gasteiger partial charge in [-0.2, -0.15) is 0 Å². The van der Waals surface area contributed by atoms with Crippen molar-refractivity contribution in [2.24, 2.45) is 0 Å². The first-order valence-corrected chi connectivity index (χ1v) is 11.4. The second-order valence-electron chi connectivity index (χ2n) is 7.87. The van der Waals surface area contributed by atoms with Gasteiger partial charge in [-0.15, -0.1) is 5.10 Å². The number of nitrogens with zero attached hydrogens (tertiary/aromatic N) is 3. The van der Waals surface area contributed by atoms with E-state index >= 15 is 0 Å². The van der Waals surface area contributed by atoms with Crippen LogP contribution < -0.4 is 0 Å². The van der Waals surface area contributed by atoms with Gasteiger partial charge < -0.3 is 28.4 Å². The number of rotatable bonds is 9. The number of aromatic nitrogens is 3. The average molecular weight is 514 g/mol. The van der Waals surface area contributed by atoms with E-state index in [0.717, 1.165) is 20.8 Å². The summed E-state index contributed by atoms with van der Waals surface area (Å²) >= 11 is 0. The van der Waals surface area contributed by atoms with Gasteiger partial charge in [-0.1, -0.05) is 12.1 Å². The number of carbonyl (C=O) groups is 5. The molecule has 0 aliphatic carbocycles. The summed E-state index contributed by atoms with van der Waals surface area (Å²) in [5.74, 6) is -3.50. The molecule has 5 atom stereocenters. The molecule has 14 nitrogen and oxygen atoms in total. The van der Waals surface area contributed by atoms with E-state index in [9.17, 15) is 24.0 Å². The molecule has 200 valence electrons. The number of carbonyl (C=O) groups excluding carboxylic acids is 5. The van der Waals surface area contributed by atoms with Gasteiger partial charge in [0.15, 0.2) is 24.1 Å². The Morgan fingerprint density at radius 3 is 2.03 bits per heavy atom. The van der Waals surface area contributed by atoms with E-state index in [1.54, 1.807) is 13.8 Å². The Bertz CT molecular complexity index is 976. The predicted octanol–water partition coefficient (Wildman–Crippen LogP) is 0.663. The van der Waals surface area contributed by atoms with Gasteiger partial charge >= 0.3 is 29.8 Å². The van der Waals surface area contributed by atoms with Gasteiger partial charge in [0, 0.05) is 34.1 Å². The van der Waals surface area contributed by atoms with Crippen molar-refractivity contribution in [3.8, 4) is 0 Å². The van der Waals surface area contributed by atoms with Crippen LogP contribution in [0.1, 0.15) is 70.4 Å². The highest BCUT2D eigenvalue weighted by Gasteiger charge is 2.48. The Labute approximate surface area is 207 Å². The number of esters is 5. The van der Waals surface area contributed by atoms with Gasteiger partial charge in [-0.05, 0) is 13.3 Å². The molecule has 0 saturated carbocycles. The summed E-state index contributed by atoms with van der Waals surface area (Å²) in [5.41, 5.74) is 0.335. The Hall–Kier alpha value is -3.55. The van der Waals surface area contributed by atoms with Gasteiger partial charge in [0.2, 0.25) is 0 Å². The number of ether oxygens (including phenoxy) is 6. The third kappa shape index (κ3) is 7.47. The fourth-order valence-corrected chi connectivity index (χ4v) is 3.81. The van der Waals surface area contributed by atoms with Crippen molar-refractivity contribution in [1.29, 1.82) is 0 Å². The smallest absolute Gasteiger partial charge is 0.360 e. The van der Waals surface area contributed by atoms with Gasteiger partial charge in [-0.3, -0.25) is 19.2 Å². The van der Waals surface area contributed by atoms with Crippen LogP contribution in [0, 0.1) is 0 Å². The first-order valence-electron chi connectivity index (χ1n) is 11.4. The standard InChI is InChI=1S/C22H31N3O11/c1-7-15-19(22(30)31-8-2)23-24-25(15)18-9-16(33-12(4)27)20(34-13(5)28)21(35-14(6)29)17(36-18)10-32-11(3)26/h16-18,20-21H,7-10H2,1-6H3. The zero-order chi connectivity index (χ0) is 27.0. The maximum Gasteiger partial charge on any atom is 0.360 e. The van der Waals surface area contributed by atoms with E-state index in [2.05, 4.69) is 10.3 Å². The summed E-state index contributed by atoms with van der Waals surface area (Å²) in [6.45, 7) is 7.76. The first kappa shape index (κ1) is 28.7. The first-order chi connectivity index (χ1) is 17.0. The predicted molar refractivity (Wildman–Crippen MR) is 117 cm³/mol. The normalized spacial score (nSPS) is 23.7. The molecule has 1 aromatic heterocycles. The molecule has 1 aromatic rings. The summed E-state index contributed by atoms with van der Waals surface area (Å²) in [4.78, 5) is 59.7. The SMILES string of the molecule is CCOC(=O)c1nnn(C2CC(OC(C)=O)C(OC(C)=O)C(OC(C)=O)C(COC(C)=O)O2)c1CC. The van der Waals surface area contributed by atoms with Crippen LogP contribution >= 0.6 is 0 Å². The van der Waals surface area contributed by atoms with Gasteiger partial charge in [0.1, 0.15) is 18.8 Å². The number of hydrogen-bond acceptors (Lipinski definition) is 13. The van der Waals surface area contributed by atoms with Crippen LogP contribution in [0.15, 0.2) is 0 Å². The van der Waals surface area contributed by atoms with E-state index in [0.29, 0.717) is 12.1 Å². The van der Waals surface area contributed by atoms with E-state index in [1.165, 1.54) is 11.6 Å². The Kier molecular flexibility index (Phi) is 10.3. The van der Waals surface area contributed by atoms with Crippen molar-refractivity contribution in [1.82, 2.24) is 15.0 Å². The summed E-state index contributed by atoms with van der Waals surface area (Å²) in [5, 5.41) is 7.97. The third-order valence-electron chi connectivity index (χ3n) is 5.06. The second kappa shape index (κ2) is 13.0. The zero-order valence-corrected chi connectivity index (χ0v) is 21.0. The monoisotopic (exact) mass is 513 g/mol. The van der Waals surface area contributed by atoms with Gasteiger partial charge in [0.05, 0.1) is 12.3 Å². The van der Waals surface area contributed by atoms with Crippen LogP contribution in [-0.2, 0) is 54.0 Å². The lowest BCUT2D eigenvalue weighted by molar-refractivity contribution is -0.194. The lowest BCUT2D eigenvalue weighted by Gasteiger charge is -2.32. The zero-order valence-electron chi connectivity index (χ0n) is 21.0. The molecule has 1 saturated heterocycles. The van der Waals surface area contributed by atoms with Crippen molar-refractivity contribution >= 4 is 29.8 Å². The minimum absolute atomic E-state index is 0.0270. The molecule has 1 aliphatic rings. The fourth-order valence-electron chi connectivity index (χ4n) is 3.81. The van der Waals surface area contributed by atoms with Crippen LogP contribution in [0.3, 0.4) is 0 Å². The summed E-state index contributed by atoms with van der Waals surface area (Å²) in [6, 6.07) is 0. The quantitative estimate of drug-likeness (QED) is 0.333. The third-order valence-corrected chi connectivity index (χ3v) is 5.06. The minimum Gasteiger partial charge on any atom is -0.463 e. The minimum atomic E-state index is -1.32. The van der Waals surface area contributed by atoms with Crippen molar-refractivity contribution in [2.45, 2.75) is 85.0 Å². The molecule has 0 amide bonds. The highest BCUT2D eigenvalue weighted by molar-refractivity contribution is 5.88. The molecular weight excluding hydrogens is 482 g/mol. The Balaban J connectivity index is 2.62. The molecule has 0 bridgehead atoms. The molecule has 0 N–H and O–H groups in total. The molecular formula is C22H31N3O11. The van der Waals surface area contributed by atoms with Crippen LogP contribution in [0.5, 0.6) is 0 Å². The molecule has 0 spiro atoms. The van der Waals surface area contributed by atoms with Gasteiger partial charge in [0.25, 0.3) is 0 Å². The molecule has 2 rings (SSSR count). The molecule has 1 aliphatic heterocycles. The molecule has 36 heavy (non-hydrogen) atoms. The van der Waals surface area contributed by atoms with Crippen molar-refractivity contribution in [3.05, 3.63) is 11.4 Å². The molecule has 0 radical (unpaired) electrons. The molecule has 1 fully saturated rings. The lowest BCUT2D eigenvalue weighted by atomic mass is 10.0. The molecule has 2 heterocycles. The van der Waals surface area contributed by atoms with Crippen molar-refractivity contribution in [3.63, 3.8) is 0 Å². The van der Waals surface area contributed by atoms with E-state index < -0.39 is 67.1 Å². The fraction of sp³-hybridized carbons (Fsp3) is 0.682. The molecule has 14 heteroatoms. The molecule has 5 unspecified atom stereocenters. The van der Waals surface area contributed by atoms with E-state index in [1.807, 2.05) is 0 Å². The molecule has 0 aromatic carbocycles. The Morgan fingerprint density at radius 2 is 1.50 bits per heavy atom. The van der Waals surface area contributed by atoms with Crippen LogP contribution in [0.4, 0.5) is 0 Å². The lowest BCUT2D eigenvalue weighted by Crippen LogP contribution is -2.50. The summed E-state index contributed by atoms with van der Waals surface area (Å²) in [7, 11) is 0. The van der Waals surface area contributed by atoms with E-state index in [4.69, 9.17) is 28.4 Å². The second-order valence-corrected chi connectivity index (χ2v) is 7.87. The highest BCUT2D eigenvalue weighted by atomic mass is 16.6.